The Kier molecular flexibility index (Phi) is 6.58. The Hall–Kier alpha value is -3.15. The van der Waals surface area contributed by atoms with Gasteiger partial charge in [-0.2, -0.15) is 0 Å². The molecule has 1 heterocycles. The number of nitrogens with one attached hydrogen (secondary N) is 1. The highest BCUT2D eigenvalue weighted by Crippen LogP contribution is 2.29. The Bertz CT molecular complexity index is 1250. The fraction of sp³-hybridized carbons (Fsp3) is 0.192. The topological polar surface area (TPSA) is 54.3 Å². The molecule has 3 aromatic carbocycles. The van der Waals surface area contributed by atoms with Crippen LogP contribution in [-0.4, -0.2) is 22.2 Å². The maximum atomic E-state index is 13.3. The van der Waals surface area contributed by atoms with Gasteiger partial charge in [0.25, 0.3) is 0 Å². The van der Waals surface area contributed by atoms with Crippen LogP contribution in [0.15, 0.2) is 66.7 Å². The summed E-state index contributed by atoms with van der Waals surface area (Å²) in [6, 6.07) is 19.9. The van der Waals surface area contributed by atoms with E-state index in [4.69, 9.17) is 11.6 Å². The van der Waals surface area contributed by atoms with Gasteiger partial charge in [-0.3, -0.25) is 0 Å². The predicted octanol–water partition coefficient (Wildman–Crippen LogP) is 5.82. The average molecular weight is 451 g/mol. The molecule has 4 nitrogen and oxygen atoms in total. The van der Waals surface area contributed by atoms with Crippen LogP contribution in [0.1, 0.15) is 32.7 Å². The predicted molar refractivity (Wildman–Crippen MR) is 126 cm³/mol. The average Bonchev–Trinajstić information content (AvgIpc) is 3.06. The highest BCUT2D eigenvalue weighted by Gasteiger charge is 2.22. The quantitative estimate of drug-likeness (QED) is 0.332. The van der Waals surface area contributed by atoms with Gasteiger partial charge < -0.3 is 15.0 Å². The van der Waals surface area contributed by atoms with Gasteiger partial charge in [0.05, 0.1) is 0 Å². The summed E-state index contributed by atoms with van der Waals surface area (Å²) in [4.78, 5) is 12.3. The van der Waals surface area contributed by atoms with Crippen molar-refractivity contribution in [3.63, 3.8) is 0 Å². The molecule has 0 saturated carbocycles. The van der Waals surface area contributed by atoms with Gasteiger partial charge in [-0.25, -0.2) is 9.18 Å². The van der Waals surface area contributed by atoms with E-state index >= 15 is 0 Å². The summed E-state index contributed by atoms with van der Waals surface area (Å²) in [5.41, 5.74) is 4.93. The number of aromatic carboxylic acids is 1. The lowest BCUT2D eigenvalue weighted by atomic mass is 10.1. The van der Waals surface area contributed by atoms with Crippen molar-refractivity contribution in [3.8, 4) is 0 Å². The zero-order valence-electron chi connectivity index (χ0n) is 17.7. The first-order chi connectivity index (χ1) is 15.4. The van der Waals surface area contributed by atoms with Crippen molar-refractivity contribution in [1.82, 2.24) is 9.88 Å². The van der Waals surface area contributed by atoms with Crippen LogP contribution in [0.3, 0.4) is 0 Å². The van der Waals surface area contributed by atoms with Gasteiger partial charge in [0, 0.05) is 34.6 Å². The second-order valence-electron chi connectivity index (χ2n) is 7.92. The normalized spacial score (nSPS) is 11.2. The number of aromatic nitrogens is 1. The van der Waals surface area contributed by atoms with Gasteiger partial charge in [-0.1, -0.05) is 48.0 Å². The Morgan fingerprint density at radius 1 is 1.03 bits per heavy atom. The van der Waals surface area contributed by atoms with Crippen molar-refractivity contribution in [3.05, 3.63) is 106 Å². The summed E-state index contributed by atoms with van der Waals surface area (Å²) in [5.74, 6) is -1.29. The van der Waals surface area contributed by atoms with Crippen molar-refractivity contribution >= 4 is 28.5 Å². The largest absolute Gasteiger partial charge is 0.477 e. The minimum absolute atomic E-state index is 0.258. The van der Waals surface area contributed by atoms with Crippen molar-refractivity contribution in [2.75, 3.05) is 6.54 Å². The molecule has 4 aromatic rings. The van der Waals surface area contributed by atoms with E-state index in [0.717, 1.165) is 39.6 Å². The molecule has 0 spiro atoms. The van der Waals surface area contributed by atoms with Crippen LogP contribution in [0, 0.1) is 12.7 Å². The molecular formula is C26H24ClFN2O2. The van der Waals surface area contributed by atoms with E-state index in [1.165, 1.54) is 12.1 Å². The molecule has 2 N–H and O–H groups in total. The molecule has 6 heteroatoms. The Balaban J connectivity index is 1.63. The van der Waals surface area contributed by atoms with E-state index in [0.29, 0.717) is 24.7 Å². The number of hydrogen-bond donors (Lipinski definition) is 2. The van der Waals surface area contributed by atoms with Crippen molar-refractivity contribution < 1.29 is 14.3 Å². The van der Waals surface area contributed by atoms with Crippen LogP contribution in [0.2, 0.25) is 5.02 Å². The maximum absolute atomic E-state index is 13.3. The summed E-state index contributed by atoms with van der Waals surface area (Å²) in [7, 11) is 0. The molecule has 0 bridgehead atoms. The molecule has 0 aliphatic carbocycles. The Labute approximate surface area is 191 Å². The van der Waals surface area contributed by atoms with E-state index in [1.807, 2.05) is 54.0 Å². The minimum Gasteiger partial charge on any atom is -0.477 e. The number of nitrogens with zero attached hydrogens (tertiary/aromatic N) is 1. The first-order valence-electron chi connectivity index (χ1n) is 10.5. The molecule has 0 fully saturated rings. The van der Waals surface area contributed by atoms with Crippen LogP contribution in [-0.2, 0) is 19.5 Å². The molecule has 0 amide bonds. The number of rotatable bonds is 8. The summed E-state index contributed by atoms with van der Waals surface area (Å²) >= 11 is 5.94. The van der Waals surface area contributed by atoms with Crippen LogP contribution < -0.4 is 5.32 Å². The summed E-state index contributed by atoms with van der Waals surface area (Å²) in [6.07, 6.45) is 0.812. The monoisotopic (exact) mass is 450 g/mol. The van der Waals surface area contributed by atoms with Gasteiger partial charge in [0.1, 0.15) is 11.5 Å². The number of carboxylic acids is 1. The van der Waals surface area contributed by atoms with Crippen molar-refractivity contribution in [2.45, 2.75) is 26.4 Å². The Morgan fingerprint density at radius 3 is 2.41 bits per heavy atom. The molecule has 1 aromatic heterocycles. The first kappa shape index (κ1) is 22.1. The standard InChI is InChI=1S/C26H24ClFN2O2/c1-17-2-11-22-23(15-29-13-12-18-3-7-20(27)8-4-18)25(26(31)32)30(24(22)14-17)16-19-5-9-21(28)10-6-19/h2-11,14,29H,12-13,15-16H2,1H3,(H,31,32). The number of carbonyl (C=O) groups is 1. The maximum Gasteiger partial charge on any atom is 0.352 e. The van der Waals surface area contributed by atoms with Crippen LogP contribution in [0.4, 0.5) is 4.39 Å². The number of hydrogen-bond acceptors (Lipinski definition) is 2. The number of halogens is 2. The van der Waals surface area contributed by atoms with Gasteiger partial charge in [0.2, 0.25) is 0 Å². The third-order valence-electron chi connectivity index (χ3n) is 5.59. The lowest BCUT2D eigenvalue weighted by Crippen LogP contribution is -2.19. The summed E-state index contributed by atoms with van der Waals surface area (Å²) in [6.45, 7) is 3.48. The molecule has 0 unspecified atom stereocenters. The second kappa shape index (κ2) is 9.55. The van der Waals surface area contributed by atoms with E-state index in [-0.39, 0.29) is 11.5 Å². The Morgan fingerprint density at radius 2 is 1.72 bits per heavy atom. The van der Waals surface area contributed by atoms with Crippen LogP contribution in [0.5, 0.6) is 0 Å². The van der Waals surface area contributed by atoms with E-state index in [9.17, 15) is 14.3 Å². The third kappa shape index (κ3) is 4.85. The zero-order chi connectivity index (χ0) is 22.7. The van der Waals surface area contributed by atoms with Gasteiger partial charge in [-0.05, 0) is 66.9 Å². The fourth-order valence-electron chi connectivity index (χ4n) is 3.99. The van der Waals surface area contributed by atoms with Crippen LogP contribution >= 0.6 is 11.6 Å². The molecule has 32 heavy (non-hydrogen) atoms. The van der Waals surface area contributed by atoms with Gasteiger partial charge >= 0.3 is 5.97 Å². The summed E-state index contributed by atoms with van der Waals surface area (Å²) in [5, 5.41) is 15.1. The molecule has 0 aliphatic heterocycles. The highest BCUT2D eigenvalue weighted by molar-refractivity contribution is 6.30. The van der Waals surface area contributed by atoms with Crippen molar-refractivity contribution in [1.29, 1.82) is 0 Å². The number of carboxylic acid groups (broad SMARTS) is 1. The van der Waals surface area contributed by atoms with Gasteiger partial charge in [0.15, 0.2) is 0 Å². The molecule has 0 radical (unpaired) electrons. The molecule has 4 rings (SSSR count). The molecule has 0 saturated heterocycles. The van der Waals surface area contributed by atoms with E-state index in [1.54, 1.807) is 12.1 Å². The number of fused-ring (bicyclic) bond motifs is 1. The smallest absolute Gasteiger partial charge is 0.352 e. The molecule has 0 aliphatic rings. The van der Waals surface area contributed by atoms with E-state index in [2.05, 4.69) is 5.32 Å². The summed E-state index contributed by atoms with van der Waals surface area (Å²) < 4.78 is 15.2. The lowest BCUT2D eigenvalue weighted by Gasteiger charge is -2.10. The molecule has 164 valence electrons. The fourth-order valence-corrected chi connectivity index (χ4v) is 4.11. The zero-order valence-corrected chi connectivity index (χ0v) is 18.5. The highest BCUT2D eigenvalue weighted by atomic mass is 35.5. The second-order valence-corrected chi connectivity index (χ2v) is 8.36. The minimum atomic E-state index is -0.976. The van der Waals surface area contributed by atoms with Gasteiger partial charge in [-0.15, -0.1) is 0 Å². The number of aryl methyl sites for hydroxylation is 1. The van der Waals surface area contributed by atoms with Crippen LogP contribution in [0.25, 0.3) is 10.9 Å². The van der Waals surface area contributed by atoms with Crippen molar-refractivity contribution in [2.24, 2.45) is 0 Å². The third-order valence-corrected chi connectivity index (χ3v) is 5.84. The first-order valence-corrected chi connectivity index (χ1v) is 10.8. The SMILES string of the molecule is Cc1ccc2c(CNCCc3ccc(Cl)cc3)c(C(=O)O)n(Cc3ccc(F)cc3)c2c1. The lowest BCUT2D eigenvalue weighted by molar-refractivity contribution is 0.0684. The number of benzene rings is 3. The van der Waals surface area contributed by atoms with E-state index < -0.39 is 5.97 Å². The molecular weight excluding hydrogens is 427 g/mol. The molecule has 0 atom stereocenters.